The van der Waals surface area contributed by atoms with Crippen LogP contribution in [0, 0.1) is 6.92 Å². The summed E-state index contributed by atoms with van der Waals surface area (Å²) in [7, 11) is -1.94. The van der Waals surface area contributed by atoms with Crippen LogP contribution >= 0.6 is 0 Å². The monoisotopic (exact) mass is 417 g/mol. The zero-order valence-corrected chi connectivity index (χ0v) is 18.1. The second-order valence-corrected chi connectivity index (χ2v) is 9.03. The third kappa shape index (κ3) is 5.57. The fraction of sp³-hybridized carbons (Fsp3) is 0.333. The number of nitrogens with zero attached hydrogens (tertiary/aromatic N) is 1. The Labute approximate surface area is 172 Å². The molecule has 0 aliphatic rings. The van der Waals surface area contributed by atoms with Gasteiger partial charge < -0.3 is 10.6 Å². The lowest BCUT2D eigenvalue weighted by Crippen LogP contribution is -2.32. The number of anilines is 2. The number of nitrogens with one attached hydrogen (secondary N) is 2. The Hall–Kier alpha value is -2.87. The predicted octanol–water partition coefficient (Wildman–Crippen LogP) is 3.17. The lowest BCUT2D eigenvalue weighted by Gasteiger charge is -2.19. The summed E-state index contributed by atoms with van der Waals surface area (Å²) < 4.78 is 24.7. The van der Waals surface area contributed by atoms with Gasteiger partial charge in [0.15, 0.2) is 0 Å². The van der Waals surface area contributed by atoms with Crippen LogP contribution in [0.2, 0.25) is 0 Å². The van der Waals surface area contributed by atoms with E-state index in [4.69, 9.17) is 0 Å². The molecule has 0 aliphatic heterocycles. The van der Waals surface area contributed by atoms with Gasteiger partial charge in [0.1, 0.15) is 0 Å². The number of sulfonamides is 1. The fourth-order valence-corrected chi connectivity index (χ4v) is 3.28. The summed E-state index contributed by atoms with van der Waals surface area (Å²) in [6.07, 6.45) is 1.92. The van der Waals surface area contributed by atoms with Crippen molar-refractivity contribution in [3.63, 3.8) is 0 Å². The highest BCUT2D eigenvalue weighted by molar-refractivity contribution is 7.92. The Balaban J connectivity index is 2.26. The van der Waals surface area contributed by atoms with E-state index in [0.717, 1.165) is 12.7 Å². The highest BCUT2D eigenvalue weighted by Gasteiger charge is 2.18. The number of hydrogen-bond donors (Lipinski definition) is 2. The Kier molecular flexibility index (Phi) is 7.02. The first kappa shape index (κ1) is 22.4. The third-order valence-corrected chi connectivity index (χ3v) is 5.90. The molecule has 2 N–H and O–H groups in total. The molecule has 8 heteroatoms. The number of benzene rings is 2. The van der Waals surface area contributed by atoms with Crippen LogP contribution in [0.4, 0.5) is 11.4 Å². The van der Waals surface area contributed by atoms with Gasteiger partial charge in [-0.15, -0.1) is 0 Å². The molecule has 0 saturated heterocycles. The lowest BCUT2D eigenvalue weighted by molar-refractivity contribution is 0.0940. The molecule has 0 heterocycles. The van der Waals surface area contributed by atoms with Crippen LogP contribution in [0.15, 0.2) is 42.5 Å². The Morgan fingerprint density at radius 2 is 1.76 bits per heavy atom. The molecule has 0 aromatic heterocycles. The van der Waals surface area contributed by atoms with Gasteiger partial charge in [-0.3, -0.25) is 13.9 Å². The highest BCUT2D eigenvalue weighted by atomic mass is 32.2. The van der Waals surface area contributed by atoms with Gasteiger partial charge in [0.05, 0.1) is 23.2 Å². The standard InChI is InChI=1S/C21H27N3O4S/c1-6-15(3)22-21(26)17-9-7-8-10-18(17)23-20(25)16-11-12-19(14(2)13-16)24(4)29(5,27)28/h7-13,15H,6H2,1-5H3,(H,22,26)(H,23,25). The van der Waals surface area contributed by atoms with E-state index in [0.29, 0.717) is 28.1 Å². The molecule has 7 nitrogen and oxygen atoms in total. The van der Waals surface area contributed by atoms with Crippen LogP contribution in [0.5, 0.6) is 0 Å². The summed E-state index contributed by atoms with van der Waals surface area (Å²) in [6.45, 7) is 5.63. The van der Waals surface area contributed by atoms with E-state index in [1.54, 1.807) is 49.4 Å². The van der Waals surface area contributed by atoms with Crippen molar-refractivity contribution in [3.8, 4) is 0 Å². The second kappa shape index (κ2) is 9.09. The lowest BCUT2D eigenvalue weighted by atomic mass is 10.1. The van der Waals surface area contributed by atoms with E-state index in [-0.39, 0.29) is 17.9 Å². The number of amides is 2. The van der Waals surface area contributed by atoms with Crippen LogP contribution < -0.4 is 14.9 Å². The zero-order chi connectivity index (χ0) is 21.8. The summed E-state index contributed by atoms with van der Waals surface area (Å²) >= 11 is 0. The summed E-state index contributed by atoms with van der Waals surface area (Å²) in [4.78, 5) is 25.2. The summed E-state index contributed by atoms with van der Waals surface area (Å²) in [5.74, 6) is -0.637. The van der Waals surface area contributed by atoms with Crippen LogP contribution in [-0.2, 0) is 10.0 Å². The van der Waals surface area contributed by atoms with E-state index in [1.165, 1.54) is 11.4 Å². The van der Waals surface area contributed by atoms with Crippen molar-refractivity contribution in [1.82, 2.24) is 5.32 Å². The van der Waals surface area contributed by atoms with Crippen molar-refractivity contribution in [2.75, 3.05) is 22.9 Å². The minimum atomic E-state index is -3.40. The SMILES string of the molecule is CCC(C)NC(=O)c1ccccc1NC(=O)c1ccc(N(C)S(C)(=O)=O)c(C)c1. The Morgan fingerprint density at radius 1 is 1.10 bits per heavy atom. The van der Waals surface area contributed by atoms with E-state index >= 15 is 0 Å². The van der Waals surface area contributed by atoms with Crippen molar-refractivity contribution < 1.29 is 18.0 Å². The minimum absolute atomic E-state index is 0.0216. The molecular weight excluding hydrogens is 390 g/mol. The number of carbonyl (C=O) groups is 2. The van der Waals surface area contributed by atoms with Crippen LogP contribution in [0.1, 0.15) is 46.5 Å². The van der Waals surface area contributed by atoms with E-state index in [2.05, 4.69) is 10.6 Å². The first-order chi connectivity index (χ1) is 13.5. The fourth-order valence-electron chi connectivity index (χ4n) is 2.72. The maximum absolute atomic E-state index is 12.7. The molecule has 2 aromatic carbocycles. The normalized spacial score (nSPS) is 12.2. The highest BCUT2D eigenvalue weighted by Crippen LogP contribution is 2.23. The average Bonchev–Trinajstić information content (AvgIpc) is 2.66. The van der Waals surface area contributed by atoms with Gasteiger partial charge in [-0.05, 0) is 56.2 Å². The van der Waals surface area contributed by atoms with Gasteiger partial charge in [0, 0.05) is 18.7 Å². The van der Waals surface area contributed by atoms with E-state index in [9.17, 15) is 18.0 Å². The molecule has 156 valence electrons. The number of rotatable bonds is 7. The molecule has 0 aliphatic carbocycles. The molecule has 0 fully saturated rings. The molecule has 2 amide bonds. The Bertz CT molecular complexity index is 1020. The molecule has 1 atom stereocenters. The minimum Gasteiger partial charge on any atom is -0.350 e. The molecule has 0 bridgehead atoms. The van der Waals surface area contributed by atoms with Crippen molar-refractivity contribution in [2.24, 2.45) is 0 Å². The maximum Gasteiger partial charge on any atom is 0.255 e. The smallest absolute Gasteiger partial charge is 0.255 e. The summed E-state index contributed by atoms with van der Waals surface area (Å²) in [5.41, 5.74) is 2.30. The van der Waals surface area contributed by atoms with Crippen LogP contribution in [0.3, 0.4) is 0 Å². The number of hydrogen-bond acceptors (Lipinski definition) is 4. The number of aryl methyl sites for hydroxylation is 1. The molecule has 0 saturated carbocycles. The van der Waals surface area contributed by atoms with Crippen molar-refractivity contribution in [1.29, 1.82) is 0 Å². The predicted molar refractivity (Wildman–Crippen MR) is 116 cm³/mol. The molecule has 0 spiro atoms. The summed E-state index contributed by atoms with van der Waals surface area (Å²) in [6, 6.07) is 11.6. The molecular formula is C21H27N3O4S. The van der Waals surface area contributed by atoms with Gasteiger partial charge in [0.2, 0.25) is 10.0 Å². The van der Waals surface area contributed by atoms with Crippen molar-refractivity contribution in [2.45, 2.75) is 33.2 Å². The van der Waals surface area contributed by atoms with Gasteiger partial charge in [-0.1, -0.05) is 19.1 Å². The third-order valence-electron chi connectivity index (χ3n) is 4.71. The van der Waals surface area contributed by atoms with Gasteiger partial charge in [-0.2, -0.15) is 0 Å². The topological polar surface area (TPSA) is 95.6 Å². The van der Waals surface area contributed by atoms with Crippen LogP contribution in [0.25, 0.3) is 0 Å². The van der Waals surface area contributed by atoms with E-state index < -0.39 is 10.0 Å². The molecule has 1 unspecified atom stereocenters. The molecule has 2 rings (SSSR count). The molecule has 29 heavy (non-hydrogen) atoms. The van der Waals surface area contributed by atoms with Gasteiger partial charge >= 0.3 is 0 Å². The van der Waals surface area contributed by atoms with Crippen LogP contribution in [-0.4, -0.2) is 39.6 Å². The quantitative estimate of drug-likeness (QED) is 0.723. The largest absolute Gasteiger partial charge is 0.350 e. The first-order valence-corrected chi connectivity index (χ1v) is 11.1. The first-order valence-electron chi connectivity index (χ1n) is 9.30. The molecule has 0 radical (unpaired) electrons. The van der Waals surface area contributed by atoms with Gasteiger partial charge in [-0.25, -0.2) is 8.42 Å². The number of para-hydroxylation sites is 1. The summed E-state index contributed by atoms with van der Waals surface area (Å²) in [5, 5.41) is 5.66. The van der Waals surface area contributed by atoms with Gasteiger partial charge in [0.25, 0.3) is 11.8 Å². The second-order valence-electron chi connectivity index (χ2n) is 7.01. The zero-order valence-electron chi connectivity index (χ0n) is 17.3. The Morgan fingerprint density at radius 3 is 2.34 bits per heavy atom. The average molecular weight is 418 g/mol. The van der Waals surface area contributed by atoms with Crippen molar-refractivity contribution in [3.05, 3.63) is 59.2 Å². The molecule has 2 aromatic rings. The maximum atomic E-state index is 12.7. The number of carbonyl (C=O) groups excluding carboxylic acids is 2. The van der Waals surface area contributed by atoms with Crippen molar-refractivity contribution >= 4 is 33.2 Å². The van der Waals surface area contributed by atoms with E-state index in [1.807, 2.05) is 13.8 Å².